The number of ketones is 1. The first-order chi connectivity index (χ1) is 9.35. The van der Waals surface area contributed by atoms with Crippen molar-refractivity contribution in [2.24, 2.45) is 11.1 Å². The van der Waals surface area contributed by atoms with Crippen molar-refractivity contribution in [1.82, 2.24) is 4.98 Å². The summed E-state index contributed by atoms with van der Waals surface area (Å²) in [7, 11) is 0. The van der Waals surface area contributed by atoms with Gasteiger partial charge in [0.05, 0.1) is 5.52 Å². The molecule has 1 atom stereocenters. The Bertz CT molecular complexity index is 614. The minimum absolute atomic E-state index is 0.0694. The predicted octanol–water partition coefficient (Wildman–Crippen LogP) is 3.57. The van der Waals surface area contributed by atoms with Crippen LogP contribution >= 0.6 is 0 Å². The van der Waals surface area contributed by atoms with Crippen molar-refractivity contribution in [1.29, 1.82) is 0 Å². The van der Waals surface area contributed by atoms with Crippen LogP contribution in [0.3, 0.4) is 0 Å². The largest absolute Gasteiger partial charge is 0.327 e. The molecule has 0 fully saturated rings. The number of nitrogens with zero attached hydrogens (tertiary/aromatic N) is 1. The molecule has 0 bridgehead atoms. The number of hydrogen-bond acceptors (Lipinski definition) is 3. The van der Waals surface area contributed by atoms with E-state index in [1.165, 1.54) is 0 Å². The van der Waals surface area contributed by atoms with E-state index in [0.717, 1.165) is 17.3 Å². The van der Waals surface area contributed by atoms with Gasteiger partial charge < -0.3 is 5.73 Å². The first kappa shape index (κ1) is 14.7. The first-order valence-corrected chi connectivity index (χ1v) is 6.99. The molecule has 0 saturated carbocycles. The Balaban J connectivity index is 2.11. The van der Waals surface area contributed by atoms with Crippen molar-refractivity contribution in [3.05, 3.63) is 42.1 Å². The summed E-state index contributed by atoms with van der Waals surface area (Å²) in [6.45, 7) is 6.40. The molecule has 3 nitrogen and oxygen atoms in total. The lowest BCUT2D eigenvalue weighted by Crippen LogP contribution is -2.29. The van der Waals surface area contributed by atoms with E-state index in [0.29, 0.717) is 12.0 Å². The van der Waals surface area contributed by atoms with Gasteiger partial charge in [-0.25, -0.2) is 0 Å². The zero-order valence-corrected chi connectivity index (χ0v) is 12.4. The molecule has 0 amide bonds. The normalized spacial score (nSPS) is 13.4. The highest BCUT2D eigenvalue weighted by Gasteiger charge is 2.19. The molecule has 1 heterocycles. The zero-order chi connectivity index (χ0) is 14.8. The maximum atomic E-state index is 12.3. The molecule has 3 heteroatoms. The smallest absolute Gasteiger partial charge is 0.165 e. The molecule has 2 N–H and O–H groups in total. The number of para-hydroxylation sites is 1. The third-order valence-corrected chi connectivity index (χ3v) is 3.23. The molecule has 2 rings (SSSR count). The van der Waals surface area contributed by atoms with Gasteiger partial charge in [0.15, 0.2) is 5.78 Å². The van der Waals surface area contributed by atoms with Crippen LogP contribution in [0.2, 0.25) is 0 Å². The second-order valence-corrected chi connectivity index (χ2v) is 6.57. The third kappa shape index (κ3) is 3.87. The van der Waals surface area contributed by atoms with Crippen molar-refractivity contribution >= 4 is 16.7 Å². The summed E-state index contributed by atoms with van der Waals surface area (Å²) < 4.78 is 0. The molecule has 0 aliphatic rings. The number of benzene rings is 1. The summed E-state index contributed by atoms with van der Waals surface area (Å²) in [5.41, 5.74) is 7.76. The number of aromatic nitrogens is 1. The molecule has 1 aromatic carbocycles. The van der Waals surface area contributed by atoms with Gasteiger partial charge in [0.25, 0.3) is 0 Å². The van der Waals surface area contributed by atoms with Crippen LogP contribution in [-0.2, 0) is 0 Å². The summed E-state index contributed by atoms with van der Waals surface area (Å²) in [4.78, 5) is 16.6. The molecule has 1 unspecified atom stereocenters. The minimum Gasteiger partial charge on any atom is -0.327 e. The first-order valence-electron chi connectivity index (χ1n) is 6.99. The zero-order valence-electron chi connectivity index (χ0n) is 12.4. The number of hydrogen-bond donors (Lipinski definition) is 1. The van der Waals surface area contributed by atoms with Crippen LogP contribution in [0.25, 0.3) is 10.9 Å². The van der Waals surface area contributed by atoms with Crippen molar-refractivity contribution in [2.75, 3.05) is 0 Å². The van der Waals surface area contributed by atoms with E-state index in [4.69, 9.17) is 5.73 Å². The molecule has 20 heavy (non-hydrogen) atoms. The molecule has 0 aliphatic heterocycles. The molecule has 0 saturated heterocycles. The van der Waals surface area contributed by atoms with Gasteiger partial charge in [0.1, 0.15) is 0 Å². The Labute approximate surface area is 120 Å². The van der Waals surface area contributed by atoms with E-state index in [-0.39, 0.29) is 17.2 Å². The van der Waals surface area contributed by atoms with Crippen molar-refractivity contribution in [3.63, 3.8) is 0 Å². The van der Waals surface area contributed by atoms with Gasteiger partial charge in [-0.3, -0.25) is 9.78 Å². The molecule has 1 aromatic heterocycles. The van der Waals surface area contributed by atoms with Crippen LogP contribution in [0, 0.1) is 5.41 Å². The monoisotopic (exact) mass is 270 g/mol. The fourth-order valence-corrected chi connectivity index (χ4v) is 2.44. The lowest BCUT2D eigenvalue weighted by molar-refractivity contribution is 0.0968. The van der Waals surface area contributed by atoms with Crippen LogP contribution in [0.5, 0.6) is 0 Å². The molecule has 0 radical (unpaired) electrons. The van der Waals surface area contributed by atoms with Crippen molar-refractivity contribution in [3.8, 4) is 0 Å². The standard InChI is InChI=1S/C17H22N2O/c1-17(2,3)10-14(18)9-16(20)13-8-12-6-4-5-7-15(12)19-11-13/h4-8,11,14H,9-10,18H2,1-3H3. The van der Waals surface area contributed by atoms with E-state index in [1.54, 1.807) is 6.20 Å². The summed E-state index contributed by atoms with van der Waals surface area (Å²) in [5, 5.41) is 0.989. The van der Waals surface area contributed by atoms with Crippen LogP contribution in [-0.4, -0.2) is 16.8 Å². The molecule has 2 aromatic rings. The summed E-state index contributed by atoms with van der Waals surface area (Å²) in [6, 6.07) is 9.59. The number of fused-ring (bicyclic) bond motifs is 1. The average Bonchev–Trinajstić information content (AvgIpc) is 2.35. The Hall–Kier alpha value is -1.74. The Morgan fingerprint density at radius 1 is 1.30 bits per heavy atom. The third-order valence-electron chi connectivity index (χ3n) is 3.23. The predicted molar refractivity (Wildman–Crippen MR) is 82.7 cm³/mol. The topological polar surface area (TPSA) is 56.0 Å². The lowest BCUT2D eigenvalue weighted by atomic mass is 9.86. The number of pyridine rings is 1. The fourth-order valence-electron chi connectivity index (χ4n) is 2.44. The van der Waals surface area contributed by atoms with Gasteiger partial charge in [-0.05, 0) is 24.0 Å². The molecule has 0 aliphatic carbocycles. The van der Waals surface area contributed by atoms with E-state index in [2.05, 4.69) is 25.8 Å². The van der Waals surface area contributed by atoms with E-state index in [9.17, 15) is 4.79 Å². The fraction of sp³-hybridized carbons (Fsp3) is 0.412. The number of Topliss-reactive ketones (excluding diaryl/α,β-unsaturated/α-hetero) is 1. The van der Waals surface area contributed by atoms with E-state index >= 15 is 0 Å². The highest BCUT2D eigenvalue weighted by atomic mass is 16.1. The quantitative estimate of drug-likeness (QED) is 0.864. The molecule has 106 valence electrons. The number of rotatable bonds is 4. The second-order valence-electron chi connectivity index (χ2n) is 6.57. The van der Waals surface area contributed by atoms with Crippen LogP contribution in [0.4, 0.5) is 0 Å². The van der Waals surface area contributed by atoms with E-state index in [1.807, 2.05) is 30.3 Å². The maximum absolute atomic E-state index is 12.3. The Morgan fingerprint density at radius 3 is 2.70 bits per heavy atom. The summed E-state index contributed by atoms with van der Waals surface area (Å²) >= 11 is 0. The molecular weight excluding hydrogens is 248 g/mol. The van der Waals surface area contributed by atoms with Gasteiger partial charge >= 0.3 is 0 Å². The minimum atomic E-state index is -0.103. The summed E-state index contributed by atoms with van der Waals surface area (Å²) in [6.07, 6.45) is 2.85. The van der Waals surface area contributed by atoms with Crippen molar-refractivity contribution < 1.29 is 4.79 Å². The van der Waals surface area contributed by atoms with Crippen molar-refractivity contribution in [2.45, 2.75) is 39.7 Å². The summed E-state index contributed by atoms with van der Waals surface area (Å²) in [5.74, 6) is 0.0694. The highest BCUT2D eigenvalue weighted by Crippen LogP contribution is 2.22. The molecule has 0 spiro atoms. The van der Waals surface area contributed by atoms with E-state index < -0.39 is 0 Å². The lowest BCUT2D eigenvalue weighted by Gasteiger charge is -2.22. The second kappa shape index (κ2) is 5.71. The maximum Gasteiger partial charge on any atom is 0.165 e. The average molecular weight is 270 g/mol. The van der Waals surface area contributed by atoms with Gasteiger partial charge in [-0.1, -0.05) is 39.0 Å². The SMILES string of the molecule is CC(C)(C)CC(N)CC(=O)c1cnc2ccccc2c1. The Morgan fingerprint density at radius 2 is 2.00 bits per heavy atom. The van der Waals surface area contributed by atoms with Crippen LogP contribution in [0.1, 0.15) is 44.0 Å². The van der Waals surface area contributed by atoms with Gasteiger partial charge in [0, 0.05) is 29.6 Å². The van der Waals surface area contributed by atoms with Gasteiger partial charge in [0.2, 0.25) is 0 Å². The van der Waals surface area contributed by atoms with Crippen LogP contribution < -0.4 is 5.73 Å². The molecular formula is C17H22N2O. The number of nitrogens with two attached hydrogens (primary N) is 1. The number of carbonyl (C=O) groups is 1. The number of carbonyl (C=O) groups excluding carboxylic acids is 1. The highest BCUT2D eigenvalue weighted by molar-refractivity contribution is 5.99. The Kier molecular flexibility index (Phi) is 4.19. The van der Waals surface area contributed by atoms with Gasteiger partial charge in [-0.2, -0.15) is 0 Å². The van der Waals surface area contributed by atoms with Gasteiger partial charge in [-0.15, -0.1) is 0 Å². The van der Waals surface area contributed by atoms with Crippen LogP contribution in [0.15, 0.2) is 36.5 Å².